The Hall–Kier alpha value is -4.34. The van der Waals surface area contributed by atoms with Gasteiger partial charge in [-0.15, -0.1) is 0 Å². The lowest BCUT2D eigenvalue weighted by Crippen LogP contribution is -2.52. The summed E-state index contributed by atoms with van der Waals surface area (Å²) in [7, 11) is 1.49. The molecule has 2 aliphatic rings. The molecule has 10 nitrogen and oxygen atoms in total. The van der Waals surface area contributed by atoms with Crippen molar-refractivity contribution in [1.82, 2.24) is 10.0 Å². The number of allylic oxidation sites excluding steroid dienone is 2. The fourth-order valence-corrected chi connectivity index (χ4v) is 4.48. The highest BCUT2D eigenvalue weighted by molar-refractivity contribution is 6.09. The molecule has 0 unspecified atom stereocenters. The van der Waals surface area contributed by atoms with E-state index in [4.69, 9.17) is 4.74 Å². The van der Waals surface area contributed by atoms with Crippen LogP contribution < -0.4 is 4.74 Å². The van der Waals surface area contributed by atoms with Crippen molar-refractivity contribution < 1.29 is 28.8 Å². The van der Waals surface area contributed by atoms with Crippen LogP contribution in [0.5, 0.6) is 5.75 Å². The molecular weight excluding hydrogens is 454 g/mol. The Morgan fingerprint density at radius 2 is 1.69 bits per heavy atom. The van der Waals surface area contributed by atoms with Gasteiger partial charge in [-0.2, -0.15) is 5.01 Å². The monoisotopic (exact) mass is 477 g/mol. The maximum atomic E-state index is 13.5. The number of carbonyl (C=O) groups excluding carboxylic acids is 4. The van der Waals surface area contributed by atoms with Crippen LogP contribution in [-0.4, -0.2) is 52.1 Å². The fourth-order valence-electron chi connectivity index (χ4n) is 4.48. The molecule has 3 amide bonds. The van der Waals surface area contributed by atoms with Crippen molar-refractivity contribution >= 4 is 29.2 Å². The number of non-ortho nitro benzene ring substituents is 1. The summed E-state index contributed by atoms with van der Waals surface area (Å²) in [6.07, 6.45) is 4.06. The second kappa shape index (κ2) is 9.49. The van der Waals surface area contributed by atoms with Gasteiger partial charge >= 0.3 is 0 Å². The molecule has 1 saturated heterocycles. The van der Waals surface area contributed by atoms with E-state index in [1.807, 2.05) is 19.1 Å². The van der Waals surface area contributed by atoms with E-state index in [9.17, 15) is 29.3 Å². The third kappa shape index (κ3) is 4.42. The summed E-state index contributed by atoms with van der Waals surface area (Å²) in [5.74, 6) is -3.29. The smallest absolute Gasteiger partial charge is 0.273 e. The second-order valence-corrected chi connectivity index (χ2v) is 8.46. The zero-order valence-corrected chi connectivity index (χ0v) is 19.1. The molecule has 1 fully saturated rings. The van der Waals surface area contributed by atoms with Gasteiger partial charge in [0.25, 0.3) is 23.4 Å². The van der Waals surface area contributed by atoms with Gasteiger partial charge in [0.2, 0.25) is 0 Å². The largest absolute Gasteiger partial charge is 0.497 e. The molecule has 180 valence electrons. The van der Waals surface area contributed by atoms with Crippen molar-refractivity contribution in [1.29, 1.82) is 0 Å². The topological polar surface area (TPSA) is 127 Å². The minimum absolute atomic E-state index is 0.000207. The number of nitrogens with zero attached hydrogens (tertiary/aromatic N) is 3. The number of amides is 3. The summed E-state index contributed by atoms with van der Waals surface area (Å²) in [6.45, 7) is 1.26. The van der Waals surface area contributed by atoms with Crippen LogP contribution in [0, 0.1) is 27.9 Å². The summed E-state index contributed by atoms with van der Waals surface area (Å²) >= 11 is 0. The zero-order valence-electron chi connectivity index (χ0n) is 19.1. The van der Waals surface area contributed by atoms with Gasteiger partial charge in [-0.25, -0.2) is 5.01 Å². The summed E-state index contributed by atoms with van der Waals surface area (Å²) < 4.78 is 5.10. The van der Waals surface area contributed by atoms with E-state index >= 15 is 0 Å². The molecule has 1 heterocycles. The third-order valence-corrected chi connectivity index (χ3v) is 6.36. The SMILES string of the molecule is COc1ccc(C(=O)CN(C(=O)c2ccc([N+](=O)[O-])cc2)N2C(=O)[C@@H]3[C@H](C)C=CC[C@H]3C2=O)cc1. The predicted molar refractivity (Wildman–Crippen MR) is 123 cm³/mol. The van der Waals surface area contributed by atoms with Crippen molar-refractivity contribution in [3.8, 4) is 5.75 Å². The highest BCUT2D eigenvalue weighted by atomic mass is 16.6. The molecule has 0 spiro atoms. The number of Topliss-reactive ketones (excluding diaryl/α,β-unsaturated/α-hetero) is 1. The first kappa shape index (κ1) is 23.8. The third-order valence-electron chi connectivity index (χ3n) is 6.36. The average molecular weight is 477 g/mol. The van der Waals surface area contributed by atoms with Gasteiger partial charge in [0.1, 0.15) is 12.3 Å². The number of imide groups is 1. The van der Waals surface area contributed by atoms with E-state index in [1.54, 1.807) is 12.1 Å². The molecule has 35 heavy (non-hydrogen) atoms. The van der Waals surface area contributed by atoms with Gasteiger partial charge in [0.05, 0.1) is 23.9 Å². The number of fused-ring (bicyclic) bond motifs is 1. The van der Waals surface area contributed by atoms with E-state index < -0.39 is 46.8 Å². The van der Waals surface area contributed by atoms with Crippen molar-refractivity contribution in [2.24, 2.45) is 17.8 Å². The molecule has 1 aliphatic carbocycles. The number of ether oxygens (including phenoxy) is 1. The van der Waals surface area contributed by atoms with Crippen molar-refractivity contribution in [2.45, 2.75) is 13.3 Å². The lowest BCUT2D eigenvalue weighted by molar-refractivity contribution is -0.384. The maximum Gasteiger partial charge on any atom is 0.273 e. The van der Waals surface area contributed by atoms with E-state index in [0.717, 1.165) is 22.2 Å². The summed E-state index contributed by atoms with van der Waals surface area (Å²) in [6, 6.07) is 11.0. The first-order valence-electron chi connectivity index (χ1n) is 11.0. The van der Waals surface area contributed by atoms with Crippen LogP contribution in [0.1, 0.15) is 34.1 Å². The quantitative estimate of drug-likeness (QED) is 0.197. The van der Waals surface area contributed by atoms with Gasteiger partial charge in [-0.3, -0.25) is 29.3 Å². The molecule has 4 rings (SSSR count). The highest BCUT2D eigenvalue weighted by Crippen LogP contribution is 2.39. The van der Waals surface area contributed by atoms with Crippen molar-refractivity contribution in [2.75, 3.05) is 13.7 Å². The van der Waals surface area contributed by atoms with E-state index in [1.165, 1.54) is 31.4 Å². The van der Waals surface area contributed by atoms with E-state index in [2.05, 4.69) is 0 Å². The number of hydrogen-bond donors (Lipinski definition) is 0. The molecule has 0 radical (unpaired) electrons. The number of nitro benzene ring substituents is 1. The summed E-state index contributed by atoms with van der Waals surface area (Å²) in [5, 5.41) is 12.6. The van der Waals surface area contributed by atoms with Gasteiger partial charge in [-0.05, 0) is 48.7 Å². The standard InChI is InChI=1S/C25H23N3O7/c1-15-4-3-5-20-22(15)25(32)27(24(20)31)26(14-21(29)16-8-12-19(35-2)13-9-16)23(30)17-6-10-18(11-7-17)28(33)34/h3-4,6-13,15,20,22H,5,14H2,1-2H3/t15-,20-,22-/m1/s1. The molecule has 2 aromatic rings. The number of benzene rings is 2. The Balaban J connectivity index is 1.69. The van der Waals surface area contributed by atoms with Crippen LogP contribution in [0.2, 0.25) is 0 Å². The van der Waals surface area contributed by atoms with Crippen LogP contribution in [0.3, 0.4) is 0 Å². The van der Waals surface area contributed by atoms with Gasteiger partial charge in [0, 0.05) is 23.3 Å². The number of rotatable bonds is 7. The number of carbonyl (C=O) groups is 4. The highest BCUT2D eigenvalue weighted by Gasteiger charge is 2.53. The molecular formula is C25H23N3O7. The molecule has 1 aliphatic heterocycles. The number of hydrogen-bond acceptors (Lipinski definition) is 7. The normalized spacial score (nSPS) is 21.0. The molecule has 0 aromatic heterocycles. The molecule has 2 aromatic carbocycles. The van der Waals surface area contributed by atoms with Crippen LogP contribution >= 0.6 is 0 Å². The summed E-state index contributed by atoms with van der Waals surface area (Å²) in [4.78, 5) is 63.6. The molecule has 3 atom stereocenters. The number of ketones is 1. The zero-order chi connectivity index (χ0) is 25.3. The van der Waals surface area contributed by atoms with Crippen molar-refractivity contribution in [3.05, 3.63) is 81.9 Å². The lowest BCUT2D eigenvalue weighted by Gasteiger charge is -2.30. The molecule has 0 N–H and O–H groups in total. The molecule has 0 saturated carbocycles. The van der Waals surface area contributed by atoms with Gasteiger partial charge in [-0.1, -0.05) is 19.1 Å². The second-order valence-electron chi connectivity index (χ2n) is 8.46. The number of hydrazine groups is 1. The average Bonchev–Trinajstić information content (AvgIpc) is 3.12. The van der Waals surface area contributed by atoms with Crippen LogP contribution in [0.25, 0.3) is 0 Å². The predicted octanol–water partition coefficient (Wildman–Crippen LogP) is 3.04. The van der Waals surface area contributed by atoms with Crippen LogP contribution in [0.15, 0.2) is 60.7 Å². The number of methoxy groups -OCH3 is 1. The first-order chi connectivity index (χ1) is 16.7. The molecule has 0 bridgehead atoms. The summed E-state index contributed by atoms with van der Waals surface area (Å²) in [5.41, 5.74) is 0.0419. The van der Waals surface area contributed by atoms with Crippen molar-refractivity contribution in [3.63, 3.8) is 0 Å². The van der Waals surface area contributed by atoms with E-state index in [0.29, 0.717) is 12.2 Å². The lowest BCUT2D eigenvalue weighted by atomic mass is 9.78. The van der Waals surface area contributed by atoms with Gasteiger partial charge < -0.3 is 4.74 Å². The Morgan fingerprint density at radius 1 is 1.06 bits per heavy atom. The van der Waals surface area contributed by atoms with Crippen LogP contribution in [-0.2, 0) is 9.59 Å². The minimum Gasteiger partial charge on any atom is -0.497 e. The Morgan fingerprint density at radius 3 is 2.26 bits per heavy atom. The molecule has 10 heteroatoms. The number of nitro groups is 1. The van der Waals surface area contributed by atoms with Crippen LogP contribution in [0.4, 0.5) is 5.69 Å². The maximum absolute atomic E-state index is 13.5. The fraction of sp³-hybridized carbons (Fsp3) is 0.280. The Labute approximate surface area is 200 Å². The van der Waals surface area contributed by atoms with E-state index in [-0.39, 0.29) is 22.7 Å². The first-order valence-corrected chi connectivity index (χ1v) is 11.0. The van der Waals surface area contributed by atoms with Gasteiger partial charge in [0.15, 0.2) is 5.78 Å². The Bertz CT molecular complexity index is 1220. The minimum atomic E-state index is -0.789. The Kier molecular flexibility index (Phi) is 6.46.